The number of carboxylic acid groups (broad SMARTS) is 2. The summed E-state index contributed by atoms with van der Waals surface area (Å²) in [4.78, 5) is 44.2. The van der Waals surface area contributed by atoms with Gasteiger partial charge in [-0.1, -0.05) is 39.0 Å². The lowest BCUT2D eigenvalue weighted by Gasteiger charge is -2.57. The van der Waals surface area contributed by atoms with Gasteiger partial charge in [-0.3, -0.25) is 9.59 Å². The van der Waals surface area contributed by atoms with Gasteiger partial charge < -0.3 is 20.0 Å². The van der Waals surface area contributed by atoms with Crippen molar-refractivity contribution in [3.63, 3.8) is 0 Å². The van der Waals surface area contributed by atoms with Crippen LogP contribution in [-0.4, -0.2) is 82.9 Å². The number of rotatable bonds is 4. The van der Waals surface area contributed by atoms with Crippen LogP contribution in [-0.2, 0) is 9.59 Å². The molecule has 8 heteroatoms. The minimum Gasteiger partial charge on any atom is -0.481 e. The van der Waals surface area contributed by atoms with Crippen LogP contribution >= 0.6 is 0 Å². The first-order valence-electron chi connectivity index (χ1n) is 12.3. The van der Waals surface area contributed by atoms with Gasteiger partial charge in [-0.05, 0) is 43.7 Å². The Morgan fingerprint density at radius 2 is 1.62 bits per heavy atom. The lowest BCUT2D eigenvalue weighted by Crippen LogP contribution is -2.78. The topological polar surface area (TPSA) is 98.1 Å². The van der Waals surface area contributed by atoms with Gasteiger partial charge in [0, 0.05) is 37.3 Å². The molecule has 0 aromatic heterocycles. The zero-order valence-electron chi connectivity index (χ0n) is 20.8. The number of quaternary nitrogens is 1. The Hall–Kier alpha value is -2.61. The van der Waals surface area contributed by atoms with Crippen LogP contribution in [0.1, 0.15) is 47.0 Å². The van der Waals surface area contributed by atoms with E-state index in [1.165, 1.54) is 0 Å². The zero-order chi connectivity index (χ0) is 24.9. The predicted octanol–water partition coefficient (Wildman–Crippen LogP) is 3.52. The molecule has 3 aliphatic rings. The van der Waals surface area contributed by atoms with E-state index in [4.69, 9.17) is 0 Å². The molecule has 1 aliphatic carbocycles. The average Bonchev–Trinajstić information content (AvgIpc) is 3.55. The van der Waals surface area contributed by atoms with Crippen molar-refractivity contribution in [1.29, 1.82) is 0 Å². The fraction of sp³-hybridized carbons (Fsp3) is 0.654. The van der Waals surface area contributed by atoms with Gasteiger partial charge in [0.1, 0.15) is 5.41 Å². The Labute approximate surface area is 201 Å². The average molecular weight is 473 g/mol. The summed E-state index contributed by atoms with van der Waals surface area (Å²) in [5, 5.41) is 21.3. The Balaban J connectivity index is 1.73. The van der Waals surface area contributed by atoms with Crippen LogP contribution < -0.4 is 4.90 Å². The number of amides is 2. The number of hydrogen-bond donors (Lipinski definition) is 2. The molecular weight excluding hydrogens is 434 g/mol. The van der Waals surface area contributed by atoms with Gasteiger partial charge in [0.25, 0.3) is 5.91 Å². The largest absolute Gasteiger partial charge is 0.514 e. The molecule has 1 aromatic rings. The molecule has 1 spiro atoms. The highest BCUT2D eigenvalue weighted by molar-refractivity contribution is 5.91. The molecule has 2 heterocycles. The smallest absolute Gasteiger partial charge is 0.481 e. The van der Waals surface area contributed by atoms with Gasteiger partial charge in [0.15, 0.2) is 6.04 Å². The molecule has 2 aliphatic heterocycles. The molecule has 3 fully saturated rings. The third-order valence-electron chi connectivity index (χ3n) is 8.80. The molecule has 3 atom stereocenters. The van der Waals surface area contributed by atoms with E-state index < -0.39 is 33.4 Å². The van der Waals surface area contributed by atoms with Gasteiger partial charge in [-0.2, -0.15) is 4.79 Å². The highest BCUT2D eigenvalue weighted by atomic mass is 16.4. The monoisotopic (exact) mass is 472 g/mol. The van der Waals surface area contributed by atoms with Crippen LogP contribution in [0.5, 0.6) is 0 Å². The van der Waals surface area contributed by atoms with Crippen molar-refractivity contribution in [3.8, 4) is 0 Å². The standard InChI is InChI=1S/C26H37N3O5/c1-5-29(23(33)34)18-25(11-12-25)17-26(22(31)32,24(2,3)4)20(29)21(30)28-15-13-27(14-16-28)19-9-7-6-8-10-19/h6-10,20H,5,11-18H2,1-4H3,(H-,31,32,33,34)/p+1/t20-,26+,29?/m1/s1. The van der Waals surface area contributed by atoms with E-state index in [1.54, 1.807) is 11.8 Å². The van der Waals surface area contributed by atoms with E-state index in [2.05, 4.69) is 4.90 Å². The highest BCUT2D eigenvalue weighted by Gasteiger charge is 2.76. The Bertz CT molecular complexity index is 962. The number of nitrogens with zero attached hydrogens (tertiary/aromatic N) is 3. The Morgan fingerprint density at radius 3 is 2.06 bits per heavy atom. The minimum atomic E-state index is -1.47. The number of benzene rings is 1. The van der Waals surface area contributed by atoms with Crippen molar-refractivity contribution in [2.75, 3.05) is 44.2 Å². The van der Waals surface area contributed by atoms with E-state index in [-0.39, 0.29) is 17.9 Å². The molecule has 0 radical (unpaired) electrons. The van der Waals surface area contributed by atoms with Crippen molar-refractivity contribution < 1.29 is 29.1 Å². The van der Waals surface area contributed by atoms with Gasteiger partial charge in [-0.15, -0.1) is 0 Å². The van der Waals surface area contributed by atoms with Crippen LogP contribution in [0.4, 0.5) is 10.5 Å². The number of piperidine rings is 1. The number of likely N-dealkylation sites (N-methyl/N-ethyl adjacent to an activating group) is 1. The fourth-order valence-corrected chi connectivity index (χ4v) is 6.58. The van der Waals surface area contributed by atoms with Crippen molar-refractivity contribution in [1.82, 2.24) is 4.90 Å². The van der Waals surface area contributed by atoms with Crippen molar-refractivity contribution in [3.05, 3.63) is 30.3 Å². The first-order chi connectivity index (χ1) is 15.9. The van der Waals surface area contributed by atoms with E-state index >= 15 is 0 Å². The summed E-state index contributed by atoms with van der Waals surface area (Å²) in [5.74, 6) is -1.38. The Morgan fingerprint density at radius 1 is 1.03 bits per heavy atom. The number of para-hydroxylation sites is 1. The third-order valence-corrected chi connectivity index (χ3v) is 8.80. The second-order valence-corrected chi connectivity index (χ2v) is 11.5. The summed E-state index contributed by atoms with van der Waals surface area (Å²) in [5.41, 5.74) is -1.50. The van der Waals surface area contributed by atoms with E-state index in [9.17, 15) is 24.6 Å². The number of piperazine rings is 1. The van der Waals surface area contributed by atoms with Crippen LogP contribution in [0.15, 0.2) is 30.3 Å². The lowest BCUT2D eigenvalue weighted by molar-refractivity contribution is -0.891. The first kappa shape index (κ1) is 24.5. The second kappa shape index (κ2) is 8.26. The number of anilines is 1. The van der Waals surface area contributed by atoms with Crippen molar-refractivity contribution in [2.45, 2.75) is 53.0 Å². The highest BCUT2D eigenvalue weighted by Crippen LogP contribution is 2.65. The molecule has 1 aromatic carbocycles. The molecule has 2 N–H and O–H groups in total. The summed E-state index contributed by atoms with van der Waals surface area (Å²) in [6, 6.07) is 8.82. The second-order valence-electron chi connectivity index (χ2n) is 11.5. The van der Waals surface area contributed by atoms with Crippen molar-refractivity contribution >= 4 is 23.7 Å². The Kier molecular flexibility index (Phi) is 5.95. The first-order valence-corrected chi connectivity index (χ1v) is 12.3. The van der Waals surface area contributed by atoms with Gasteiger partial charge in [0.2, 0.25) is 0 Å². The molecule has 4 rings (SSSR count). The molecule has 8 nitrogen and oxygen atoms in total. The summed E-state index contributed by atoms with van der Waals surface area (Å²) < 4.78 is -0.499. The molecule has 0 bridgehead atoms. The van der Waals surface area contributed by atoms with E-state index in [1.807, 2.05) is 51.1 Å². The molecule has 1 unspecified atom stereocenters. The van der Waals surface area contributed by atoms with Gasteiger partial charge in [-0.25, -0.2) is 4.48 Å². The summed E-state index contributed by atoms with van der Waals surface area (Å²) >= 11 is 0. The molecule has 1 saturated carbocycles. The van der Waals surface area contributed by atoms with E-state index in [0.717, 1.165) is 18.5 Å². The third kappa shape index (κ3) is 3.67. The van der Waals surface area contributed by atoms with Crippen LogP contribution in [0.2, 0.25) is 0 Å². The van der Waals surface area contributed by atoms with Gasteiger partial charge in [0.05, 0.1) is 13.1 Å². The number of carbonyl (C=O) groups excluding carboxylic acids is 1. The summed E-state index contributed by atoms with van der Waals surface area (Å²) in [7, 11) is 0. The molecule has 186 valence electrons. The quantitative estimate of drug-likeness (QED) is 0.651. The predicted molar refractivity (Wildman–Crippen MR) is 129 cm³/mol. The maximum Gasteiger partial charge on any atom is 0.514 e. The number of likely N-dealkylation sites (tertiary alicyclic amines) is 1. The maximum atomic E-state index is 14.2. The number of carboxylic acids is 1. The normalized spacial score (nSPS) is 30.8. The summed E-state index contributed by atoms with van der Waals surface area (Å²) in [6.45, 7) is 9.97. The summed E-state index contributed by atoms with van der Waals surface area (Å²) in [6.07, 6.45) is 0.904. The number of aliphatic carboxylic acids is 1. The number of hydrogen-bond acceptors (Lipinski definition) is 4. The zero-order valence-corrected chi connectivity index (χ0v) is 20.8. The maximum absolute atomic E-state index is 14.2. The molecule has 2 amide bonds. The van der Waals surface area contributed by atoms with Crippen molar-refractivity contribution in [2.24, 2.45) is 16.2 Å². The number of carbonyl (C=O) groups is 3. The minimum absolute atomic E-state index is 0.183. The molecule has 2 saturated heterocycles. The van der Waals surface area contributed by atoms with Gasteiger partial charge >= 0.3 is 12.1 Å². The van der Waals surface area contributed by atoms with Crippen LogP contribution in [0.25, 0.3) is 0 Å². The van der Waals surface area contributed by atoms with Crippen LogP contribution in [0.3, 0.4) is 0 Å². The fourth-order valence-electron chi connectivity index (χ4n) is 6.58. The molecular formula is C26H38N3O5+. The van der Waals surface area contributed by atoms with E-state index in [0.29, 0.717) is 39.1 Å². The molecule has 34 heavy (non-hydrogen) atoms. The van der Waals surface area contributed by atoms with Crippen LogP contribution in [0, 0.1) is 16.2 Å². The lowest BCUT2D eigenvalue weighted by atomic mass is 9.54. The SMILES string of the molecule is CC[N+]1(C(=O)O)CC2(CC2)C[C@](C(=O)O)(C(C)(C)C)[C@H]1C(=O)N1CCN(c2ccccc2)CC1.